The summed E-state index contributed by atoms with van der Waals surface area (Å²) in [7, 11) is -4.15. The topological polar surface area (TPSA) is 105 Å². The number of pyridine rings is 1. The number of alkyl halides is 3. The van der Waals surface area contributed by atoms with E-state index >= 15 is 0 Å². The Morgan fingerprint density at radius 1 is 1.05 bits per heavy atom. The maximum absolute atomic E-state index is 14.4. The zero-order valence-electron chi connectivity index (χ0n) is 20.1. The normalized spacial score (nSPS) is 20.4. The van der Waals surface area contributed by atoms with Crippen molar-refractivity contribution in [2.24, 2.45) is 5.92 Å². The quantitative estimate of drug-likeness (QED) is 0.462. The zero-order chi connectivity index (χ0) is 27.8. The van der Waals surface area contributed by atoms with Gasteiger partial charge >= 0.3 is 6.18 Å². The molecule has 38 heavy (non-hydrogen) atoms. The third kappa shape index (κ3) is 5.50. The minimum Gasteiger partial charge on any atom is -0.351 e. The predicted octanol–water partition coefficient (Wildman–Crippen LogP) is 3.94. The summed E-state index contributed by atoms with van der Waals surface area (Å²) in [5.41, 5.74) is 0.142. The van der Waals surface area contributed by atoms with Crippen molar-refractivity contribution >= 4 is 15.9 Å². The van der Waals surface area contributed by atoms with E-state index in [1.807, 2.05) is 0 Å². The number of benzene rings is 1. The van der Waals surface area contributed by atoms with Gasteiger partial charge < -0.3 is 5.32 Å². The minimum atomic E-state index is -4.72. The number of nitrogens with zero attached hydrogens (tertiary/aromatic N) is 4. The highest BCUT2D eigenvalue weighted by Gasteiger charge is 2.47. The van der Waals surface area contributed by atoms with Crippen LogP contribution in [-0.2, 0) is 27.5 Å². The molecule has 0 spiro atoms. The average Bonchev–Trinajstić information content (AvgIpc) is 3.18. The van der Waals surface area contributed by atoms with Gasteiger partial charge in [-0.05, 0) is 49.6 Å². The van der Waals surface area contributed by atoms with Crippen LogP contribution in [0.2, 0.25) is 0 Å². The van der Waals surface area contributed by atoms with Gasteiger partial charge in [0.25, 0.3) is 0 Å². The molecule has 0 radical (unpaired) electrons. The van der Waals surface area contributed by atoms with Crippen LogP contribution in [0.15, 0.2) is 53.8 Å². The molecule has 1 amide bonds. The fraction of sp³-hybridized carbons (Fsp3) is 0.333. The molecule has 1 aliphatic rings. The fourth-order valence-corrected chi connectivity index (χ4v) is 6.09. The van der Waals surface area contributed by atoms with E-state index in [4.69, 9.17) is 0 Å². The number of rotatable bonds is 6. The van der Waals surface area contributed by atoms with E-state index in [0.717, 1.165) is 47.2 Å². The Balaban J connectivity index is 1.53. The molecule has 1 aliphatic heterocycles. The third-order valence-corrected chi connectivity index (χ3v) is 8.42. The number of amides is 1. The Kier molecular flexibility index (Phi) is 7.48. The highest BCUT2D eigenvalue weighted by atomic mass is 32.2. The van der Waals surface area contributed by atoms with Gasteiger partial charge in [-0.3, -0.25) is 9.78 Å². The summed E-state index contributed by atoms with van der Waals surface area (Å²) in [5, 5.41) is 2.54. The molecule has 8 nitrogen and oxygen atoms in total. The van der Waals surface area contributed by atoms with Gasteiger partial charge in [-0.25, -0.2) is 27.2 Å². The molecule has 202 valence electrons. The van der Waals surface area contributed by atoms with Crippen LogP contribution < -0.4 is 5.32 Å². The smallest absolute Gasteiger partial charge is 0.351 e. The molecule has 1 saturated heterocycles. The lowest BCUT2D eigenvalue weighted by molar-refractivity contribution is -0.145. The number of halogens is 5. The van der Waals surface area contributed by atoms with Crippen LogP contribution in [0.25, 0.3) is 11.3 Å². The van der Waals surface area contributed by atoms with Crippen LogP contribution in [0.1, 0.15) is 31.7 Å². The van der Waals surface area contributed by atoms with E-state index in [9.17, 15) is 35.2 Å². The van der Waals surface area contributed by atoms with E-state index in [0.29, 0.717) is 0 Å². The lowest BCUT2D eigenvalue weighted by Gasteiger charge is -2.27. The summed E-state index contributed by atoms with van der Waals surface area (Å²) in [4.78, 5) is 23.3. The standard InChI is InChI=1S/C24H22F5N5O3S/c1-13-7-21(34(14(13)2)38(36,37)18-5-3-17(25)4-6-18)22(35)31-9-15-8-20(30-12-19(15)26)16-10-32-23(33-11-16)24(27,28)29/h3-6,8,10-14,21H,7,9H2,1-2H3,(H,31,35)/t13-,14-,21-/m0/s1. The van der Waals surface area contributed by atoms with Crippen molar-refractivity contribution in [3.63, 3.8) is 0 Å². The number of nitrogens with one attached hydrogen (secondary N) is 1. The largest absolute Gasteiger partial charge is 0.451 e. The van der Waals surface area contributed by atoms with E-state index < -0.39 is 51.6 Å². The first-order valence-electron chi connectivity index (χ1n) is 11.4. The zero-order valence-corrected chi connectivity index (χ0v) is 20.9. The van der Waals surface area contributed by atoms with Crippen LogP contribution in [0.4, 0.5) is 22.0 Å². The van der Waals surface area contributed by atoms with Gasteiger partial charge in [0, 0.05) is 36.1 Å². The number of hydrogen-bond donors (Lipinski definition) is 1. The third-order valence-electron chi connectivity index (χ3n) is 6.41. The lowest BCUT2D eigenvalue weighted by atomic mass is 10.0. The van der Waals surface area contributed by atoms with E-state index in [1.54, 1.807) is 13.8 Å². The molecular weight excluding hydrogens is 533 g/mol. The number of carbonyl (C=O) groups is 1. The molecule has 3 heterocycles. The SMILES string of the molecule is C[C@H]1C[C@@H](C(=O)NCc2cc(-c3cnc(C(F)(F)F)nc3)ncc2F)N(S(=O)(=O)c2ccc(F)cc2)[C@H]1C. The maximum atomic E-state index is 14.4. The van der Waals surface area contributed by atoms with Crippen molar-refractivity contribution in [3.05, 3.63) is 71.9 Å². The molecule has 2 aromatic heterocycles. The van der Waals surface area contributed by atoms with Gasteiger partial charge in [0.05, 0.1) is 16.8 Å². The van der Waals surface area contributed by atoms with Crippen molar-refractivity contribution < 1.29 is 35.2 Å². The Morgan fingerprint density at radius 2 is 1.68 bits per heavy atom. The Labute approximate surface area is 215 Å². The van der Waals surface area contributed by atoms with Crippen LogP contribution in [0.3, 0.4) is 0 Å². The van der Waals surface area contributed by atoms with Crippen LogP contribution >= 0.6 is 0 Å². The molecule has 0 bridgehead atoms. The molecule has 3 atom stereocenters. The summed E-state index contributed by atoms with van der Waals surface area (Å²) in [6.07, 6.45) is -1.87. The van der Waals surface area contributed by atoms with Gasteiger partial charge in [-0.15, -0.1) is 0 Å². The first kappa shape index (κ1) is 27.5. The molecule has 1 N–H and O–H groups in total. The monoisotopic (exact) mass is 555 g/mol. The Bertz CT molecular complexity index is 1430. The summed E-state index contributed by atoms with van der Waals surface area (Å²) >= 11 is 0. The molecule has 1 fully saturated rings. The summed E-state index contributed by atoms with van der Waals surface area (Å²) < 4.78 is 93.6. The van der Waals surface area contributed by atoms with Crippen molar-refractivity contribution in [2.45, 2.75) is 50.0 Å². The van der Waals surface area contributed by atoms with Gasteiger partial charge in [0.15, 0.2) is 0 Å². The predicted molar refractivity (Wildman–Crippen MR) is 125 cm³/mol. The average molecular weight is 556 g/mol. The van der Waals surface area contributed by atoms with Gasteiger partial charge in [0.1, 0.15) is 17.7 Å². The Morgan fingerprint density at radius 3 is 2.29 bits per heavy atom. The molecular formula is C24H22F5N5O3S. The van der Waals surface area contributed by atoms with E-state index in [-0.39, 0.29) is 40.6 Å². The molecule has 0 unspecified atom stereocenters. The number of sulfonamides is 1. The molecule has 3 aromatic rings. The minimum absolute atomic E-state index is 0.0321. The van der Waals surface area contributed by atoms with E-state index in [1.165, 1.54) is 6.07 Å². The molecule has 0 saturated carbocycles. The summed E-state index contributed by atoms with van der Waals surface area (Å²) in [5.74, 6) is -3.57. The fourth-order valence-electron chi connectivity index (χ4n) is 4.21. The second-order valence-corrected chi connectivity index (χ2v) is 10.8. The molecule has 4 rings (SSSR count). The second-order valence-electron chi connectivity index (χ2n) is 8.93. The number of carbonyl (C=O) groups excluding carboxylic acids is 1. The lowest BCUT2D eigenvalue weighted by Crippen LogP contribution is -2.48. The number of aromatic nitrogens is 3. The first-order chi connectivity index (χ1) is 17.8. The van der Waals surface area contributed by atoms with Crippen LogP contribution in [0.5, 0.6) is 0 Å². The van der Waals surface area contributed by atoms with Crippen molar-refractivity contribution in [2.75, 3.05) is 0 Å². The first-order valence-corrected chi connectivity index (χ1v) is 12.8. The van der Waals surface area contributed by atoms with E-state index in [2.05, 4.69) is 20.3 Å². The highest BCUT2D eigenvalue weighted by Crippen LogP contribution is 2.35. The van der Waals surface area contributed by atoms with Crippen molar-refractivity contribution in [1.82, 2.24) is 24.6 Å². The van der Waals surface area contributed by atoms with Crippen molar-refractivity contribution in [1.29, 1.82) is 0 Å². The number of hydrogen-bond acceptors (Lipinski definition) is 6. The second kappa shape index (κ2) is 10.3. The van der Waals surface area contributed by atoms with Gasteiger partial charge in [-0.1, -0.05) is 6.92 Å². The molecule has 14 heteroatoms. The van der Waals surface area contributed by atoms with Gasteiger partial charge in [0.2, 0.25) is 21.8 Å². The Hall–Kier alpha value is -3.52. The summed E-state index contributed by atoms with van der Waals surface area (Å²) in [6.45, 7) is 3.12. The summed E-state index contributed by atoms with van der Waals surface area (Å²) in [6, 6.07) is 3.86. The van der Waals surface area contributed by atoms with Crippen molar-refractivity contribution in [3.8, 4) is 11.3 Å². The van der Waals surface area contributed by atoms with Crippen LogP contribution in [0, 0.1) is 17.6 Å². The molecule has 1 aromatic carbocycles. The van der Waals surface area contributed by atoms with Gasteiger partial charge in [-0.2, -0.15) is 17.5 Å². The maximum Gasteiger partial charge on any atom is 0.451 e. The van der Waals surface area contributed by atoms with Crippen LogP contribution in [-0.4, -0.2) is 45.7 Å². The molecule has 0 aliphatic carbocycles. The highest BCUT2D eigenvalue weighted by molar-refractivity contribution is 7.89.